The first kappa shape index (κ1) is 7.54. The molecule has 1 aromatic heterocycles. The Balaban J connectivity index is 2.64. The van der Waals surface area contributed by atoms with Gasteiger partial charge in [-0.25, -0.2) is 0 Å². The van der Waals surface area contributed by atoms with E-state index in [0.29, 0.717) is 5.88 Å². The zero-order valence-corrected chi connectivity index (χ0v) is 6.30. The lowest BCUT2D eigenvalue weighted by Gasteiger charge is -2.04. The largest absolute Gasteiger partial charge is 0.265 e. The molecule has 0 amide bonds. The summed E-state index contributed by atoms with van der Waals surface area (Å²) in [5, 5.41) is 10.0. The highest BCUT2D eigenvalue weighted by Gasteiger charge is 2.09. The summed E-state index contributed by atoms with van der Waals surface area (Å²) >= 11 is 5.64. The molecule has 0 fully saturated rings. The minimum atomic E-state index is 0.236. The molecule has 0 aliphatic carbocycles. The minimum Gasteiger partial charge on any atom is -0.265 e. The van der Waals surface area contributed by atoms with E-state index in [4.69, 9.17) is 11.6 Å². The molecule has 0 aliphatic rings. The van der Waals surface area contributed by atoms with E-state index >= 15 is 0 Å². The maximum absolute atomic E-state index is 5.64. The molecular weight excluding hydrogens is 150 g/mol. The monoisotopic (exact) mass is 158 g/mol. The van der Waals surface area contributed by atoms with Crippen molar-refractivity contribution >= 4 is 11.6 Å². The van der Waals surface area contributed by atoms with Crippen LogP contribution in [0.2, 0.25) is 0 Å². The zero-order valence-electron chi connectivity index (χ0n) is 5.55. The van der Waals surface area contributed by atoms with Crippen molar-refractivity contribution in [3.8, 4) is 0 Å². The molecule has 0 saturated carbocycles. The Kier molecular flexibility index (Phi) is 2.68. The van der Waals surface area contributed by atoms with Crippen LogP contribution in [0, 0.1) is 6.92 Å². The van der Waals surface area contributed by atoms with Crippen LogP contribution >= 0.6 is 11.6 Å². The number of nitrogens with one attached hydrogen (secondary N) is 1. The summed E-state index contributed by atoms with van der Waals surface area (Å²) in [7, 11) is 0. The van der Waals surface area contributed by atoms with Crippen LogP contribution in [0.25, 0.3) is 0 Å². The Labute approximate surface area is 64.8 Å². The quantitative estimate of drug-likeness (QED) is 0.675. The highest BCUT2D eigenvalue weighted by atomic mass is 35.5. The van der Waals surface area contributed by atoms with Crippen molar-refractivity contribution in [1.82, 2.24) is 15.4 Å². The van der Waals surface area contributed by atoms with Gasteiger partial charge in [-0.2, -0.15) is 0 Å². The van der Waals surface area contributed by atoms with Gasteiger partial charge in [-0.3, -0.25) is 5.10 Å². The first-order valence-electron chi connectivity index (χ1n) is 3.10. The predicted molar refractivity (Wildman–Crippen MR) is 39.8 cm³/mol. The van der Waals surface area contributed by atoms with Crippen LogP contribution < -0.4 is 0 Å². The fourth-order valence-corrected chi connectivity index (χ4v) is 1.03. The predicted octanol–water partition coefficient (Wildman–Crippen LogP) is 1.35. The molecule has 3 nitrogen and oxygen atoms in total. The van der Waals surface area contributed by atoms with Gasteiger partial charge in [0.1, 0.15) is 0 Å². The molecule has 55 valence electrons. The summed E-state index contributed by atoms with van der Waals surface area (Å²) < 4.78 is 0. The van der Waals surface area contributed by atoms with Crippen molar-refractivity contribution in [2.24, 2.45) is 0 Å². The van der Waals surface area contributed by atoms with Crippen molar-refractivity contribution in [1.29, 1.82) is 0 Å². The van der Waals surface area contributed by atoms with E-state index in [1.165, 1.54) is 0 Å². The van der Waals surface area contributed by atoms with Crippen LogP contribution in [0.4, 0.5) is 0 Å². The highest BCUT2D eigenvalue weighted by Crippen LogP contribution is 2.16. The first-order valence-corrected chi connectivity index (χ1v) is 3.63. The van der Waals surface area contributed by atoms with E-state index in [9.17, 15) is 0 Å². The van der Waals surface area contributed by atoms with Crippen molar-refractivity contribution in [2.75, 3.05) is 5.88 Å². The molecule has 1 atom stereocenters. The molecule has 0 spiro atoms. The molecule has 1 N–H and O–H groups in total. The molecule has 10 heavy (non-hydrogen) atoms. The highest BCUT2D eigenvalue weighted by molar-refractivity contribution is 6.18. The standard InChI is InChI=1S/C6H9ClN3/c1-2-5(3-7)6-4-8-10-9-6/h4-5H,1-3H2,(H,8,9,10). The maximum atomic E-state index is 5.64. The van der Waals surface area contributed by atoms with Crippen molar-refractivity contribution in [3.05, 3.63) is 18.8 Å². The Morgan fingerprint density at radius 1 is 1.80 bits per heavy atom. The van der Waals surface area contributed by atoms with Crippen LogP contribution in [-0.4, -0.2) is 21.3 Å². The van der Waals surface area contributed by atoms with Gasteiger partial charge in [-0.1, -0.05) is 12.1 Å². The average molecular weight is 159 g/mol. The van der Waals surface area contributed by atoms with Gasteiger partial charge in [0.15, 0.2) is 0 Å². The van der Waals surface area contributed by atoms with Crippen LogP contribution in [0.5, 0.6) is 0 Å². The van der Waals surface area contributed by atoms with Crippen molar-refractivity contribution < 1.29 is 0 Å². The smallest absolute Gasteiger partial charge is 0.0867 e. The van der Waals surface area contributed by atoms with Crippen LogP contribution in [0.1, 0.15) is 18.0 Å². The van der Waals surface area contributed by atoms with Crippen LogP contribution in [0.15, 0.2) is 6.20 Å². The topological polar surface area (TPSA) is 41.6 Å². The Morgan fingerprint density at radius 3 is 3.00 bits per heavy atom. The molecule has 1 heterocycles. The molecule has 1 aromatic rings. The van der Waals surface area contributed by atoms with E-state index in [2.05, 4.69) is 22.3 Å². The number of aromatic nitrogens is 3. The summed E-state index contributed by atoms with van der Waals surface area (Å²) in [5.41, 5.74) is 0.894. The van der Waals surface area contributed by atoms with Gasteiger partial charge in [-0.15, -0.1) is 16.7 Å². The summed E-state index contributed by atoms with van der Waals surface area (Å²) in [4.78, 5) is 0. The lowest BCUT2D eigenvalue weighted by atomic mass is 10.1. The molecular formula is C6H9ClN3. The normalized spacial score (nSPS) is 13.4. The minimum absolute atomic E-state index is 0.236. The number of aromatic amines is 1. The molecule has 0 saturated heterocycles. The second-order valence-electron chi connectivity index (χ2n) is 2.04. The fourth-order valence-electron chi connectivity index (χ4n) is 0.714. The number of rotatable bonds is 3. The first-order chi connectivity index (χ1) is 4.88. The Bertz CT molecular complexity index is 169. The van der Waals surface area contributed by atoms with Gasteiger partial charge in [-0.05, 0) is 6.42 Å². The van der Waals surface area contributed by atoms with Crippen LogP contribution in [0.3, 0.4) is 0 Å². The van der Waals surface area contributed by atoms with Crippen molar-refractivity contribution in [2.45, 2.75) is 12.3 Å². The van der Waals surface area contributed by atoms with Gasteiger partial charge in [0, 0.05) is 18.0 Å². The zero-order chi connectivity index (χ0) is 7.40. The van der Waals surface area contributed by atoms with E-state index < -0.39 is 0 Å². The van der Waals surface area contributed by atoms with E-state index in [1.807, 2.05) is 0 Å². The van der Waals surface area contributed by atoms with Crippen LogP contribution in [-0.2, 0) is 0 Å². The van der Waals surface area contributed by atoms with Gasteiger partial charge >= 0.3 is 0 Å². The number of nitrogens with zero attached hydrogens (tertiary/aromatic N) is 2. The summed E-state index contributed by atoms with van der Waals surface area (Å²) in [6.45, 7) is 3.75. The number of alkyl halides is 1. The molecule has 4 heteroatoms. The molecule has 1 unspecified atom stereocenters. The van der Waals surface area contributed by atoms with Gasteiger partial charge in [0.05, 0.1) is 5.69 Å². The van der Waals surface area contributed by atoms with E-state index in [1.54, 1.807) is 6.20 Å². The fraction of sp³-hybridized carbons (Fsp3) is 0.500. The van der Waals surface area contributed by atoms with E-state index in [0.717, 1.165) is 12.1 Å². The molecule has 0 bridgehead atoms. The molecule has 0 aromatic carbocycles. The maximum Gasteiger partial charge on any atom is 0.0867 e. The molecule has 1 radical (unpaired) electrons. The summed E-state index contributed by atoms with van der Waals surface area (Å²) in [5.74, 6) is 0.788. The number of hydrogen-bond acceptors (Lipinski definition) is 2. The third-order valence-corrected chi connectivity index (χ3v) is 1.76. The number of hydrogen-bond donors (Lipinski definition) is 1. The number of H-pyrrole nitrogens is 1. The summed E-state index contributed by atoms with van der Waals surface area (Å²) in [6, 6.07) is 0. The lowest BCUT2D eigenvalue weighted by molar-refractivity contribution is 0.745. The Hall–Kier alpha value is -0.570. The third-order valence-electron chi connectivity index (χ3n) is 1.39. The summed E-state index contributed by atoms with van der Waals surface area (Å²) in [6.07, 6.45) is 2.51. The average Bonchev–Trinajstić information content (AvgIpc) is 2.43. The second-order valence-corrected chi connectivity index (χ2v) is 2.35. The lowest BCUT2D eigenvalue weighted by Crippen LogP contribution is -1.98. The molecule has 1 rings (SSSR count). The SMILES string of the molecule is [CH2]CC(CCl)c1c[nH]nn1. The molecule has 0 aliphatic heterocycles. The van der Waals surface area contributed by atoms with Gasteiger partial charge in [0.25, 0.3) is 0 Å². The Morgan fingerprint density at radius 2 is 2.60 bits per heavy atom. The third kappa shape index (κ3) is 1.48. The van der Waals surface area contributed by atoms with Crippen molar-refractivity contribution in [3.63, 3.8) is 0 Å². The number of halogens is 1. The van der Waals surface area contributed by atoms with E-state index in [-0.39, 0.29) is 5.92 Å². The second kappa shape index (κ2) is 3.56. The van der Waals surface area contributed by atoms with Gasteiger partial charge < -0.3 is 0 Å². The van der Waals surface area contributed by atoms with Gasteiger partial charge in [0.2, 0.25) is 0 Å².